The van der Waals surface area contributed by atoms with E-state index >= 15 is 0 Å². The Morgan fingerprint density at radius 1 is 1.40 bits per heavy atom. The number of hydroxylamine groups is 2. The van der Waals surface area contributed by atoms with Crippen LogP contribution in [0.1, 0.15) is 0 Å². The highest BCUT2D eigenvalue weighted by molar-refractivity contribution is 5.37. The summed E-state index contributed by atoms with van der Waals surface area (Å²) in [6, 6.07) is 0. The van der Waals surface area contributed by atoms with E-state index < -0.39 is 12.3 Å². The molecule has 5 heteroatoms. The number of alkyl halides is 2. The van der Waals surface area contributed by atoms with Gasteiger partial charge in [-0.05, 0) is 0 Å². The molecule has 1 rings (SSSR count). The van der Waals surface area contributed by atoms with Crippen molar-refractivity contribution in [3.05, 3.63) is 0 Å². The van der Waals surface area contributed by atoms with Crippen LogP contribution in [0.25, 0.3) is 0 Å². The molecule has 0 spiro atoms. The van der Waals surface area contributed by atoms with E-state index in [-0.39, 0.29) is 13.1 Å². The van der Waals surface area contributed by atoms with Gasteiger partial charge in [0.1, 0.15) is 12.3 Å². The number of rotatable bonds is 2. The summed E-state index contributed by atoms with van der Waals surface area (Å²) in [5, 5.41) is 0.905. The zero-order chi connectivity index (χ0) is 7.56. The van der Waals surface area contributed by atoms with Gasteiger partial charge in [0, 0.05) is 0 Å². The second kappa shape index (κ2) is 2.92. The number of hydrogen-bond acceptors (Lipinski definition) is 3. The largest absolute Gasteiger partial charge is 0.438 e. The Morgan fingerprint density at radius 3 is 2.30 bits per heavy atom. The van der Waals surface area contributed by atoms with Crippen LogP contribution < -0.4 is 0 Å². The number of hydrogen-bond donors (Lipinski definition) is 0. The normalized spacial score (nSPS) is 34.2. The fourth-order valence-electron chi connectivity index (χ4n) is 0.820. The summed E-state index contributed by atoms with van der Waals surface area (Å²) in [7, 11) is 0. The van der Waals surface area contributed by atoms with Crippen molar-refractivity contribution in [1.82, 2.24) is 5.06 Å². The van der Waals surface area contributed by atoms with Gasteiger partial charge in [-0.25, -0.2) is 13.6 Å². The first-order chi connectivity index (χ1) is 4.74. The molecule has 0 saturated carbocycles. The molecule has 1 aliphatic rings. The highest BCUT2D eigenvalue weighted by Gasteiger charge is 2.34. The molecule has 1 aliphatic heterocycles. The van der Waals surface area contributed by atoms with Crippen molar-refractivity contribution in [2.45, 2.75) is 12.3 Å². The van der Waals surface area contributed by atoms with Crippen LogP contribution in [0.3, 0.4) is 0 Å². The van der Waals surface area contributed by atoms with Crippen molar-refractivity contribution in [3.63, 3.8) is 0 Å². The smallest absolute Gasteiger partial charge is 0.359 e. The first-order valence-corrected chi connectivity index (χ1v) is 2.81. The van der Waals surface area contributed by atoms with E-state index in [1.807, 2.05) is 0 Å². The van der Waals surface area contributed by atoms with Crippen molar-refractivity contribution < 1.29 is 18.4 Å². The summed E-state index contributed by atoms with van der Waals surface area (Å²) in [5.41, 5.74) is 0. The molecule has 0 aromatic carbocycles. The highest BCUT2D eigenvalue weighted by atomic mass is 19.2. The van der Waals surface area contributed by atoms with Gasteiger partial charge in [0.05, 0.1) is 13.1 Å². The fourth-order valence-corrected chi connectivity index (χ4v) is 0.820. The minimum Gasteiger partial charge on any atom is -0.359 e. The Bertz CT molecular complexity index is 123. The lowest BCUT2D eigenvalue weighted by Crippen LogP contribution is -2.20. The van der Waals surface area contributed by atoms with E-state index in [0.717, 1.165) is 11.5 Å². The monoisotopic (exact) mass is 150 g/mol. The summed E-state index contributed by atoms with van der Waals surface area (Å²) in [4.78, 5) is 13.6. The molecule has 2 atom stereocenters. The van der Waals surface area contributed by atoms with Gasteiger partial charge >= 0.3 is 6.47 Å². The first-order valence-electron chi connectivity index (χ1n) is 2.81. The third-order valence-corrected chi connectivity index (χ3v) is 1.31. The Kier molecular flexibility index (Phi) is 2.16. The predicted octanol–water partition coefficient (Wildman–Crippen LogP) is -0.0230. The Balaban J connectivity index is 2.33. The molecule has 57 valence electrons. The van der Waals surface area contributed by atoms with Crippen LogP contribution in [0.15, 0.2) is 0 Å². The van der Waals surface area contributed by atoms with E-state index in [4.69, 9.17) is 0 Å². The van der Waals surface area contributed by atoms with E-state index in [2.05, 4.69) is 4.84 Å². The van der Waals surface area contributed by atoms with Crippen molar-refractivity contribution >= 4 is 6.47 Å². The molecule has 0 aliphatic carbocycles. The van der Waals surface area contributed by atoms with E-state index in [1.54, 1.807) is 0 Å². The summed E-state index contributed by atoms with van der Waals surface area (Å²) in [6.45, 7) is 0.697. The topological polar surface area (TPSA) is 29.5 Å². The van der Waals surface area contributed by atoms with Crippen LogP contribution in [0.5, 0.6) is 0 Å². The molecule has 1 fully saturated rings. The van der Waals surface area contributed by atoms with Gasteiger partial charge in [-0.1, -0.05) is 0 Å². The minimum absolute atomic E-state index is 0.198. The summed E-state index contributed by atoms with van der Waals surface area (Å²) < 4.78 is 24.5. The van der Waals surface area contributed by atoms with Gasteiger partial charge < -0.3 is 4.84 Å². The molecular formula is C5H6F2NO2. The number of nitrogens with zero attached hydrogens (tertiary/aromatic N) is 1. The van der Waals surface area contributed by atoms with Gasteiger partial charge in [0.2, 0.25) is 0 Å². The summed E-state index contributed by atoms with van der Waals surface area (Å²) in [5.74, 6) is 0. The molecule has 1 saturated heterocycles. The minimum atomic E-state index is -1.55. The third kappa shape index (κ3) is 1.41. The second-order valence-electron chi connectivity index (χ2n) is 2.05. The molecule has 2 unspecified atom stereocenters. The second-order valence-corrected chi connectivity index (χ2v) is 2.05. The average Bonchev–Trinajstić information content (AvgIpc) is 2.14. The third-order valence-electron chi connectivity index (χ3n) is 1.31. The van der Waals surface area contributed by atoms with Gasteiger partial charge in [-0.2, -0.15) is 0 Å². The molecule has 0 N–H and O–H groups in total. The van der Waals surface area contributed by atoms with Crippen molar-refractivity contribution in [1.29, 1.82) is 0 Å². The van der Waals surface area contributed by atoms with Crippen LogP contribution in [0.4, 0.5) is 8.78 Å². The Hall–Kier alpha value is -0.710. The van der Waals surface area contributed by atoms with Crippen LogP contribution >= 0.6 is 0 Å². The van der Waals surface area contributed by atoms with Gasteiger partial charge in [0.15, 0.2) is 0 Å². The molecule has 0 bridgehead atoms. The first kappa shape index (κ1) is 7.40. The van der Waals surface area contributed by atoms with E-state index in [1.165, 1.54) is 0 Å². The standard InChI is InChI=1S/C5H6F2NO2/c6-4-1-8(10-3-9)2-5(4)7/h4-5H,1-2H2. The zero-order valence-corrected chi connectivity index (χ0v) is 5.09. The molecule has 10 heavy (non-hydrogen) atoms. The zero-order valence-electron chi connectivity index (χ0n) is 5.09. The Morgan fingerprint density at radius 2 is 1.90 bits per heavy atom. The highest BCUT2D eigenvalue weighted by Crippen LogP contribution is 2.15. The van der Waals surface area contributed by atoms with Gasteiger partial charge in [-0.3, -0.25) is 0 Å². The fraction of sp³-hybridized carbons (Fsp3) is 0.800. The number of halogens is 2. The average molecular weight is 150 g/mol. The van der Waals surface area contributed by atoms with Crippen LogP contribution in [0.2, 0.25) is 0 Å². The lowest BCUT2D eigenvalue weighted by molar-refractivity contribution is -0.0589. The van der Waals surface area contributed by atoms with Crippen LogP contribution in [-0.4, -0.2) is 37.0 Å². The maximum absolute atomic E-state index is 12.3. The molecular weight excluding hydrogens is 144 g/mol. The quantitative estimate of drug-likeness (QED) is 0.554. The van der Waals surface area contributed by atoms with E-state index in [0.29, 0.717) is 0 Å². The predicted molar refractivity (Wildman–Crippen MR) is 28.1 cm³/mol. The summed E-state index contributed by atoms with van der Waals surface area (Å²) in [6.07, 6.45) is -3.10. The molecule has 3 nitrogen and oxygen atoms in total. The lowest BCUT2D eigenvalue weighted by atomic mass is 10.3. The molecule has 0 aromatic rings. The number of carbonyl (C=O) groups excluding carboxylic acids is 1. The SMILES string of the molecule is O=[C]ON1CC(F)C(F)C1. The van der Waals surface area contributed by atoms with Crippen molar-refractivity contribution in [2.75, 3.05) is 13.1 Å². The molecule has 1 radical (unpaired) electrons. The maximum Gasteiger partial charge on any atom is 0.438 e. The molecule has 0 aromatic heterocycles. The molecule has 0 amide bonds. The van der Waals surface area contributed by atoms with Crippen molar-refractivity contribution in [3.8, 4) is 0 Å². The maximum atomic E-state index is 12.3. The van der Waals surface area contributed by atoms with Crippen molar-refractivity contribution in [2.24, 2.45) is 0 Å². The lowest BCUT2D eigenvalue weighted by Gasteiger charge is -2.06. The van der Waals surface area contributed by atoms with Gasteiger partial charge in [-0.15, -0.1) is 5.06 Å². The Labute approximate surface area is 56.5 Å². The van der Waals surface area contributed by atoms with E-state index in [9.17, 15) is 13.6 Å². The van der Waals surface area contributed by atoms with Crippen LogP contribution in [0, 0.1) is 0 Å². The van der Waals surface area contributed by atoms with Gasteiger partial charge in [0.25, 0.3) is 0 Å². The summed E-state index contributed by atoms with van der Waals surface area (Å²) >= 11 is 0. The van der Waals surface area contributed by atoms with Crippen LogP contribution in [-0.2, 0) is 9.63 Å². The molecule has 1 heterocycles.